The Morgan fingerprint density at radius 2 is 0.667 bits per heavy atom. The maximum atomic E-state index is 15.6. The smallest absolute Gasteiger partial charge is 0.205 e. The van der Waals surface area contributed by atoms with Gasteiger partial charge in [0.15, 0.2) is 34.9 Å². The van der Waals surface area contributed by atoms with Gasteiger partial charge in [-0.3, -0.25) is 0 Å². The molecule has 0 saturated heterocycles. The topological polar surface area (TPSA) is 190 Å². The van der Waals surface area contributed by atoms with E-state index in [9.17, 15) is 61.4 Å². The Labute approximate surface area is 291 Å². The molecule has 0 bridgehead atoms. The molecular formula is C34H2F12N8. The van der Waals surface area contributed by atoms with E-state index in [0.29, 0.717) is 0 Å². The first-order valence-corrected chi connectivity index (χ1v) is 13.5. The highest BCUT2D eigenvalue weighted by Gasteiger charge is 2.49. The van der Waals surface area contributed by atoms with Crippen LogP contribution >= 0.6 is 0 Å². The van der Waals surface area contributed by atoms with Crippen LogP contribution in [0.5, 0.6) is 0 Å². The molecule has 0 heterocycles. The first-order valence-electron chi connectivity index (χ1n) is 13.5. The van der Waals surface area contributed by atoms with E-state index in [1.54, 1.807) is 0 Å². The van der Waals surface area contributed by atoms with Gasteiger partial charge < -0.3 is 0 Å². The zero-order chi connectivity index (χ0) is 40.8. The number of nitriles is 8. The molecule has 4 rings (SSSR count). The molecule has 1 aliphatic rings. The van der Waals surface area contributed by atoms with Gasteiger partial charge in [-0.2, -0.15) is 68.4 Å². The van der Waals surface area contributed by atoms with Gasteiger partial charge in [0.05, 0.1) is 50.6 Å². The molecule has 262 valence electrons. The second kappa shape index (κ2) is 13.6. The summed E-state index contributed by atoms with van der Waals surface area (Å²) in [6, 6.07) is 7.40. The number of rotatable bonds is 3. The number of nitrogens with zero attached hydrogens (tertiary/aromatic N) is 8. The van der Waals surface area contributed by atoms with Gasteiger partial charge in [0.1, 0.15) is 64.7 Å². The van der Waals surface area contributed by atoms with Gasteiger partial charge in [-0.15, -0.1) is 0 Å². The summed E-state index contributed by atoms with van der Waals surface area (Å²) in [6.07, 6.45) is -11.8. The zero-order valence-corrected chi connectivity index (χ0v) is 25.3. The summed E-state index contributed by atoms with van der Waals surface area (Å²) in [5.74, 6) is -14.2. The monoisotopic (exact) mass is 750 g/mol. The minimum Gasteiger partial charge on any atom is -0.205 e. The van der Waals surface area contributed by atoms with Gasteiger partial charge in [0.25, 0.3) is 0 Å². The summed E-state index contributed by atoms with van der Waals surface area (Å²) in [6.45, 7) is 0. The lowest BCUT2D eigenvalue weighted by Gasteiger charge is -2.19. The van der Waals surface area contributed by atoms with E-state index in [0.717, 1.165) is 48.6 Å². The van der Waals surface area contributed by atoms with E-state index < -0.39 is 136 Å². The van der Waals surface area contributed by atoms with Crippen molar-refractivity contribution >= 4 is 16.7 Å². The molecule has 0 spiro atoms. The summed E-state index contributed by atoms with van der Waals surface area (Å²) in [4.78, 5) is 0. The molecule has 3 aromatic carbocycles. The van der Waals surface area contributed by atoms with Crippen LogP contribution in [0.4, 0.5) is 52.7 Å². The fourth-order valence-electron chi connectivity index (χ4n) is 5.25. The average Bonchev–Trinajstić information content (AvgIpc) is 3.84. The molecule has 0 radical (unpaired) electrons. The molecule has 1 saturated carbocycles. The van der Waals surface area contributed by atoms with Gasteiger partial charge in [-0.1, -0.05) is 0 Å². The molecule has 0 amide bonds. The number of alkyl halides is 6. The van der Waals surface area contributed by atoms with Gasteiger partial charge >= 0.3 is 12.4 Å². The van der Waals surface area contributed by atoms with Crippen LogP contribution in [0.25, 0.3) is 16.7 Å². The van der Waals surface area contributed by atoms with Crippen molar-refractivity contribution in [3.05, 3.63) is 119 Å². The summed E-state index contributed by atoms with van der Waals surface area (Å²) in [5.41, 5.74) is -28.6. The van der Waals surface area contributed by atoms with Crippen molar-refractivity contribution in [3.8, 4) is 48.6 Å². The second-order valence-corrected chi connectivity index (χ2v) is 10.2. The summed E-state index contributed by atoms with van der Waals surface area (Å²) in [7, 11) is 0. The predicted octanol–water partition coefficient (Wildman–Crippen LogP) is 8.16. The standard InChI is InChI=1S/C34H2F12N8/c35-27-12(4-48)14(6-50)29(37)31(39)25(27)17(9-53)23-22(24(23)18(10-54)26-28(36)13(5-49)15(7-51)30(38)32(26)40)16(8-52)21-19(33(41,42)43)1-11(3-47)2-20(21)34(44,45)46/h1-2H/b22-16?,23-17-,24-18+. The van der Waals surface area contributed by atoms with Crippen LogP contribution in [0.15, 0.2) is 28.9 Å². The Bertz CT molecular complexity index is 2570. The van der Waals surface area contributed by atoms with Gasteiger partial charge in [0.2, 0.25) is 0 Å². The van der Waals surface area contributed by atoms with E-state index in [1.165, 1.54) is 0 Å². The van der Waals surface area contributed by atoms with E-state index in [4.69, 9.17) is 15.8 Å². The summed E-state index contributed by atoms with van der Waals surface area (Å²) in [5, 5.41) is 76.2. The number of halogens is 12. The maximum absolute atomic E-state index is 15.6. The molecular weight excluding hydrogens is 748 g/mol. The van der Waals surface area contributed by atoms with E-state index in [2.05, 4.69) is 0 Å². The van der Waals surface area contributed by atoms with Gasteiger partial charge in [0, 0.05) is 22.3 Å². The van der Waals surface area contributed by atoms with E-state index in [-0.39, 0.29) is 12.1 Å². The molecule has 0 aliphatic heterocycles. The minimum atomic E-state index is -5.89. The van der Waals surface area contributed by atoms with Crippen molar-refractivity contribution in [2.75, 3.05) is 0 Å². The predicted molar refractivity (Wildman–Crippen MR) is 150 cm³/mol. The molecule has 3 aromatic rings. The Morgan fingerprint density at radius 1 is 0.389 bits per heavy atom. The van der Waals surface area contributed by atoms with Gasteiger partial charge in [-0.05, 0) is 12.1 Å². The first kappa shape index (κ1) is 38.8. The SMILES string of the molecule is N#CC(=C1C(=C(/C#N)c2c(F)c(F)c(C#N)c(C#N)c2F)/C1=C(/C#N)c1c(F)c(F)c(C#N)c(C#N)c1F)c1c(C(F)(F)F)cc(C#N)cc1C(F)(F)F. The van der Waals surface area contributed by atoms with Crippen molar-refractivity contribution in [2.45, 2.75) is 12.4 Å². The third-order valence-electron chi connectivity index (χ3n) is 7.49. The molecule has 0 aromatic heterocycles. The van der Waals surface area contributed by atoms with Crippen LogP contribution in [0, 0.1) is 126 Å². The van der Waals surface area contributed by atoms with Crippen LogP contribution in [0.2, 0.25) is 0 Å². The molecule has 20 heteroatoms. The lowest BCUT2D eigenvalue weighted by molar-refractivity contribution is -0.143. The largest absolute Gasteiger partial charge is 0.417 e. The van der Waals surface area contributed by atoms with Crippen LogP contribution < -0.4 is 0 Å². The Kier molecular flexibility index (Phi) is 9.75. The molecule has 8 nitrogen and oxygen atoms in total. The highest BCUT2D eigenvalue weighted by Crippen LogP contribution is 2.58. The van der Waals surface area contributed by atoms with Crippen LogP contribution in [0.3, 0.4) is 0 Å². The van der Waals surface area contributed by atoms with Crippen molar-refractivity contribution < 1.29 is 52.7 Å². The first-order chi connectivity index (χ1) is 25.3. The highest BCUT2D eigenvalue weighted by molar-refractivity contribution is 6.12. The Morgan fingerprint density at radius 3 is 0.907 bits per heavy atom. The van der Waals surface area contributed by atoms with Crippen molar-refractivity contribution in [1.29, 1.82) is 42.1 Å². The molecule has 0 unspecified atom stereocenters. The highest BCUT2D eigenvalue weighted by atomic mass is 19.4. The normalized spacial score (nSPS) is 14.8. The van der Waals surface area contributed by atoms with E-state index >= 15 is 17.6 Å². The maximum Gasteiger partial charge on any atom is 0.417 e. The second-order valence-electron chi connectivity index (χ2n) is 10.2. The van der Waals surface area contributed by atoms with Crippen molar-refractivity contribution in [3.63, 3.8) is 0 Å². The lowest BCUT2D eigenvalue weighted by Crippen LogP contribution is -2.17. The average molecular weight is 750 g/mol. The number of hydrogen-bond acceptors (Lipinski definition) is 8. The van der Waals surface area contributed by atoms with E-state index in [1.807, 2.05) is 0 Å². The van der Waals surface area contributed by atoms with Crippen LogP contribution in [-0.4, -0.2) is 0 Å². The third-order valence-corrected chi connectivity index (χ3v) is 7.49. The fourth-order valence-corrected chi connectivity index (χ4v) is 5.25. The van der Waals surface area contributed by atoms with Crippen LogP contribution in [-0.2, 0) is 12.4 Å². The molecule has 1 aliphatic carbocycles. The van der Waals surface area contributed by atoms with Crippen LogP contribution in [0.1, 0.15) is 55.6 Å². The number of hydrogen-bond donors (Lipinski definition) is 0. The molecule has 0 atom stereocenters. The Balaban J connectivity index is 2.48. The minimum absolute atomic E-state index is 0.183. The number of allylic oxidation sites excluding steroid dienone is 6. The Hall–Kier alpha value is -8.04. The summed E-state index contributed by atoms with van der Waals surface area (Å²) >= 11 is 0. The van der Waals surface area contributed by atoms with Crippen molar-refractivity contribution in [2.24, 2.45) is 0 Å². The molecule has 0 N–H and O–H groups in total. The molecule has 54 heavy (non-hydrogen) atoms. The fraction of sp³-hybridized carbons (Fsp3) is 0.0588. The third kappa shape index (κ3) is 5.83. The van der Waals surface area contributed by atoms with Crippen molar-refractivity contribution in [1.82, 2.24) is 0 Å². The quantitative estimate of drug-likeness (QED) is 0.145. The number of benzene rings is 3. The zero-order valence-electron chi connectivity index (χ0n) is 25.3. The molecule has 1 fully saturated rings. The summed E-state index contributed by atoms with van der Waals surface area (Å²) < 4.78 is 178. The van der Waals surface area contributed by atoms with Gasteiger partial charge in [-0.25, -0.2) is 26.3 Å². The lowest BCUT2D eigenvalue weighted by atomic mass is 9.90.